The fraction of sp³-hybridized carbons (Fsp3) is 0.650. The van der Waals surface area contributed by atoms with Crippen molar-refractivity contribution in [1.82, 2.24) is 14.7 Å². The Morgan fingerprint density at radius 1 is 0.920 bits per heavy atom. The van der Waals surface area contributed by atoms with Crippen LogP contribution in [-0.2, 0) is 11.3 Å². The van der Waals surface area contributed by atoms with Crippen LogP contribution in [0.2, 0.25) is 0 Å². The van der Waals surface area contributed by atoms with Gasteiger partial charge in [-0.15, -0.1) is 0 Å². The number of aryl methyl sites for hydroxylation is 2. The van der Waals surface area contributed by atoms with Crippen LogP contribution in [0.15, 0.2) is 12.1 Å². The topological polar surface area (TPSA) is 47.0 Å². The summed E-state index contributed by atoms with van der Waals surface area (Å²) in [6.45, 7) is 11.0. The lowest BCUT2D eigenvalue weighted by Gasteiger charge is -2.36. The normalized spacial score (nSPS) is 20.0. The summed E-state index contributed by atoms with van der Waals surface area (Å²) in [7, 11) is 0. The lowest BCUT2D eigenvalue weighted by atomic mass is 10.0. The highest BCUT2D eigenvalue weighted by Gasteiger charge is 2.23. The fourth-order valence-corrected chi connectivity index (χ4v) is 3.77. The number of phenolic OH excluding ortho intramolecular Hbond substituents is 1. The Hall–Kier alpha value is -1.59. The average Bonchev–Trinajstić information content (AvgIpc) is 2.62. The van der Waals surface area contributed by atoms with Gasteiger partial charge in [-0.25, -0.2) is 0 Å². The van der Waals surface area contributed by atoms with Crippen LogP contribution >= 0.6 is 0 Å². The van der Waals surface area contributed by atoms with E-state index >= 15 is 0 Å². The van der Waals surface area contributed by atoms with Crippen LogP contribution in [-0.4, -0.2) is 71.5 Å². The fourth-order valence-electron chi connectivity index (χ4n) is 3.77. The first kappa shape index (κ1) is 18.2. The minimum absolute atomic E-state index is 0.292. The summed E-state index contributed by atoms with van der Waals surface area (Å²) in [6.07, 6.45) is 3.56. The maximum Gasteiger partial charge on any atom is 0.236 e. The van der Waals surface area contributed by atoms with E-state index < -0.39 is 0 Å². The van der Waals surface area contributed by atoms with E-state index in [1.165, 1.54) is 12.0 Å². The average molecular weight is 345 g/mol. The van der Waals surface area contributed by atoms with Gasteiger partial charge in [-0.05, 0) is 50.3 Å². The molecule has 1 aromatic carbocycles. The number of benzene rings is 1. The number of likely N-dealkylation sites (tertiary alicyclic amines) is 1. The first-order valence-corrected chi connectivity index (χ1v) is 9.54. The molecular formula is C20H31N3O2. The van der Waals surface area contributed by atoms with Crippen molar-refractivity contribution in [3.63, 3.8) is 0 Å². The number of nitrogens with zero attached hydrogens (tertiary/aromatic N) is 3. The lowest BCUT2D eigenvalue weighted by Crippen LogP contribution is -2.50. The van der Waals surface area contributed by atoms with Gasteiger partial charge in [0, 0.05) is 51.4 Å². The minimum atomic E-state index is 0.292. The van der Waals surface area contributed by atoms with E-state index in [0.29, 0.717) is 18.2 Å². The van der Waals surface area contributed by atoms with Gasteiger partial charge >= 0.3 is 0 Å². The molecular weight excluding hydrogens is 314 g/mol. The van der Waals surface area contributed by atoms with Gasteiger partial charge in [0.05, 0.1) is 6.54 Å². The number of hydrogen-bond donors (Lipinski definition) is 1. The van der Waals surface area contributed by atoms with Crippen molar-refractivity contribution in [3.05, 3.63) is 28.8 Å². The second kappa shape index (κ2) is 8.19. The number of carbonyl (C=O) groups excluding carboxylic acids is 1. The van der Waals surface area contributed by atoms with Crippen LogP contribution in [0.4, 0.5) is 0 Å². The molecule has 5 nitrogen and oxygen atoms in total. The minimum Gasteiger partial charge on any atom is -0.508 e. The third-order valence-corrected chi connectivity index (χ3v) is 5.62. The van der Waals surface area contributed by atoms with Crippen LogP contribution in [0.5, 0.6) is 5.75 Å². The first-order valence-electron chi connectivity index (χ1n) is 9.54. The Labute approximate surface area is 151 Å². The number of hydrogen-bond acceptors (Lipinski definition) is 4. The van der Waals surface area contributed by atoms with Crippen LogP contribution in [0.1, 0.15) is 36.0 Å². The predicted molar refractivity (Wildman–Crippen MR) is 99.7 cm³/mol. The van der Waals surface area contributed by atoms with E-state index in [9.17, 15) is 9.90 Å². The maximum atomic E-state index is 12.4. The van der Waals surface area contributed by atoms with Gasteiger partial charge in [-0.1, -0.05) is 6.07 Å². The summed E-state index contributed by atoms with van der Waals surface area (Å²) in [5.41, 5.74) is 3.35. The smallest absolute Gasteiger partial charge is 0.236 e. The van der Waals surface area contributed by atoms with E-state index in [2.05, 4.69) is 22.8 Å². The summed E-state index contributed by atoms with van der Waals surface area (Å²) in [5, 5.41) is 10.2. The lowest BCUT2D eigenvalue weighted by molar-refractivity contribution is -0.133. The summed E-state index contributed by atoms with van der Waals surface area (Å²) in [5.74, 6) is 0.686. The van der Waals surface area contributed by atoms with Crippen molar-refractivity contribution in [1.29, 1.82) is 0 Å². The third kappa shape index (κ3) is 4.73. The molecule has 1 amide bonds. The zero-order valence-electron chi connectivity index (χ0n) is 15.6. The van der Waals surface area contributed by atoms with Crippen LogP contribution < -0.4 is 0 Å². The number of piperidine rings is 1. The molecule has 2 heterocycles. The highest BCUT2D eigenvalue weighted by atomic mass is 16.3. The molecule has 0 bridgehead atoms. The molecule has 2 fully saturated rings. The molecule has 0 aromatic heterocycles. The van der Waals surface area contributed by atoms with Crippen LogP contribution in [0.3, 0.4) is 0 Å². The number of rotatable bonds is 4. The largest absolute Gasteiger partial charge is 0.508 e. The van der Waals surface area contributed by atoms with Gasteiger partial charge in [-0.2, -0.15) is 0 Å². The Bertz CT molecular complexity index is 603. The second-order valence-corrected chi connectivity index (χ2v) is 7.56. The Morgan fingerprint density at radius 3 is 2.20 bits per heavy atom. The molecule has 0 saturated carbocycles. The molecule has 3 rings (SSSR count). The van der Waals surface area contributed by atoms with Crippen LogP contribution in [0.25, 0.3) is 0 Å². The summed E-state index contributed by atoms with van der Waals surface area (Å²) >= 11 is 0. The summed E-state index contributed by atoms with van der Waals surface area (Å²) in [6, 6.07) is 3.95. The van der Waals surface area contributed by atoms with Gasteiger partial charge in [0.15, 0.2) is 0 Å². The molecule has 5 heteroatoms. The molecule has 0 radical (unpaired) electrons. The Morgan fingerprint density at radius 2 is 1.52 bits per heavy atom. The number of phenols is 1. The van der Waals surface area contributed by atoms with Crippen LogP contribution in [0, 0.1) is 13.8 Å². The van der Waals surface area contributed by atoms with Crippen molar-refractivity contribution in [2.45, 2.75) is 39.7 Å². The molecule has 2 saturated heterocycles. The van der Waals surface area contributed by atoms with Crippen molar-refractivity contribution in [2.24, 2.45) is 0 Å². The van der Waals surface area contributed by atoms with E-state index in [1.807, 2.05) is 17.9 Å². The van der Waals surface area contributed by atoms with Gasteiger partial charge in [-0.3, -0.25) is 14.6 Å². The Balaban J connectivity index is 1.47. The molecule has 2 aliphatic heterocycles. The standard InChI is InChI=1S/C20H31N3O2/c1-16-12-18(19(24)13-17(16)2)14-21-8-10-22(11-9-21)15-20(25)23-6-4-3-5-7-23/h12-13,24H,3-11,14-15H2,1-2H3. The van der Waals surface area contributed by atoms with Gasteiger partial charge in [0.1, 0.15) is 5.75 Å². The predicted octanol–water partition coefficient (Wildman–Crippen LogP) is 2.14. The van der Waals surface area contributed by atoms with Crippen molar-refractivity contribution in [2.75, 3.05) is 45.8 Å². The second-order valence-electron chi connectivity index (χ2n) is 7.56. The zero-order valence-corrected chi connectivity index (χ0v) is 15.6. The number of aromatic hydroxyl groups is 1. The molecule has 0 aliphatic carbocycles. The molecule has 25 heavy (non-hydrogen) atoms. The van der Waals surface area contributed by atoms with E-state index in [1.54, 1.807) is 0 Å². The molecule has 138 valence electrons. The first-order chi connectivity index (χ1) is 12.0. The van der Waals surface area contributed by atoms with Gasteiger partial charge < -0.3 is 10.0 Å². The number of carbonyl (C=O) groups is 1. The molecule has 1 N–H and O–H groups in total. The quantitative estimate of drug-likeness (QED) is 0.908. The highest BCUT2D eigenvalue weighted by molar-refractivity contribution is 5.78. The molecule has 0 spiro atoms. The molecule has 0 atom stereocenters. The van der Waals surface area contributed by atoms with Gasteiger partial charge in [0.2, 0.25) is 5.91 Å². The molecule has 0 unspecified atom stereocenters. The van der Waals surface area contributed by atoms with Crippen molar-refractivity contribution in [3.8, 4) is 5.75 Å². The van der Waals surface area contributed by atoms with Crippen molar-refractivity contribution < 1.29 is 9.90 Å². The maximum absolute atomic E-state index is 12.4. The number of amides is 1. The number of piperazine rings is 1. The summed E-state index contributed by atoms with van der Waals surface area (Å²) in [4.78, 5) is 19.1. The highest BCUT2D eigenvalue weighted by Crippen LogP contribution is 2.23. The van der Waals surface area contributed by atoms with Gasteiger partial charge in [0.25, 0.3) is 0 Å². The van der Waals surface area contributed by atoms with E-state index in [-0.39, 0.29) is 0 Å². The summed E-state index contributed by atoms with van der Waals surface area (Å²) < 4.78 is 0. The monoisotopic (exact) mass is 345 g/mol. The third-order valence-electron chi connectivity index (χ3n) is 5.62. The molecule has 2 aliphatic rings. The Kier molecular flexibility index (Phi) is 5.97. The van der Waals surface area contributed by atoms with E-state index in [0.717, 1.165) is 69.8 Å². The SMILES string of the molecule is Cc1cc(O)c(CN2CCN(CC(=O)N3CCCCC3)CC2)cc1C. The van der Waals surface area contributed by atoms with E-state index in [4.69, 9.17) is 0 Å². The zero-order chi connectivity index (χ0) is 17.8. The molecule has 1 aromatic rings. The van der Waals surface area contributed by atoms with Crippen molar-refractivity contribution >= 4 is 5.91 Å².